The standard InChI is InChI=1S/C20H31N5O2/c1-2-16-11-19(22-20(21-16)23-7-9-26-10-8-23)24-5-6-25-17(12-24)13-27-14-18(25)15-3-4-15/h11,15,17-18H,2-10,12-14H2,1H3/t17-,18-/m1/s1. The van der Waals surface area contributed by atoms with Gasteiger partial charge in [-0.1, -0.05) is 6.92 Å². The van der Waals surface area contributed by atoms with Crippen molar-refractivity contribution in [3.05, 3.63) is 11.8 Å². The van der Waals surface area contributed by atoms with E-state index in [0.29, 0.717) is 12.1 Å². The molecule has 3 aliphatic heterocycles. The van der Waals surface area contributed by atoms with Crippen molar-refractivity contribution in [3.63, 3.8) is 0 Å². The van der Waals surface area contributed by atoms with E-state index >= 15 is 0 Å². The van der Waals surface area contributed by atoms with Crippen LogP contribution in [0.5, 0.6) is 0 Å². The Kier molecular flexibility index (Phi) is 4.92. The lowest BCUT2D eigenvalue weighted by Crippen LogP contribution is -2.62. The molecule has 5 rings (SSSR count). The van der Waals surface area contributed by atoms with Gasteiger partial charge in [-0.05, 0) is 25.2 Å². The Morgan fingerprint density at radius 2 is 1.85 bits per heavy atom. The lowest BCUT2D eigenvalue weighted by molar-refractivity contribution is -0.0603. The second kappa shape index (κ2) is 7.53. The van der Waals surface area contributed by atoms with Crippen LogP contribution < -0.4 is 9.80 Å². The second-order valence-corrected chi connectivity index (χ2v) is 8.25. The number of aromatic nitrogens is 2. The summed E-state index contributed by atoms with van der Waals surface area (Å²) in [5, 5.41) is 0. The van der Waals surface area contributed by atoms with E-state index in [0.717, 1.165) is 89.0 Å². The Hall–Kier alpha value is -1.44. The SMILES string of the molecule is CCc1cc(N2CCN3[C@@H](COC[C@@H]3C3CC3)C2)nc(N2CCOCC2)n1. The highest BCUT2D eigenvalue weighted by Crippen LogP contribution is 2.38. The number of ether oxygens (including phenoxy) is 2. The Morgan fingerprint density at radius 3 is 2.63 bits per heavy atom. The number of anilines is 2. The summed E-state index contributed by atoms with van der Waals surface area (Å²) in [5.74, 6) is 2.82. The monoisotopic (exact) mass is 373 g/mol. The van der Waals surface area contributed by atoms with Gasteiger partial charge in [-0.25, -0.2) is 4.98 Å². The van der Waals surface area contributed by atoms with Gasteiger partial charge in [0.05, 0.1) is 32.5 Å². The van der Waals surface area contributed by atoms with Crippen LogP contribution >= 0.6 is 0 Å². The summed E-state index contributed by atoms with van der Waals surface area (Å²) in [6.07, 6.45) is 3.70. The van der Waals surface area contributed by atoms with E-state index in [1.54, 1.807) is 0 Å². The molecule has 0 spiro atoms. The van der Waals surface area contributed by atoms with Crippen LogP contribution in [0.1, 0.15) is 25.5 Å². The van der Waals surface area contributed by atoms with Gasteiger partial charge in [0, 0.05) is 50.5 Å². The molecule has 0 radical (unpaired) electrons. The lowest BCUT2D eigenvalue weighted by Gasteiger charge is -2.48. The first-order valence-corrected chi connectivity index (χ1v) is 10.6. The maximum absolute atomic E-state index is 5.98. The van der Waals surface area contributed by atoms with E-state index in [1.807, 2.05) is 0 Å². The summed E-state index contributed by atoms with van der Waals surface area (Å²) in [6, 6.07) is 3.32. The molecule has 7 nitrogen and oxygen atoms in total. The van der Waals surface area contributed by atoms with Crippen molar-refractivity contribution < 1.29 is 9.47 Å². The highest BCUT2D eigenvalue weighted by Gasteiger charge is 2.43. The Labute approximate surface area is 161 Å². The van der Waals surface area contributed by atoms with E-state index in [1.165, 1.54) is 12.8 Å². The summed E-state index contributed by atoms with van der Waals surface area (Å²) < 4.78 is 11.5. The molecule has 7 heteroatoms. The molecule has 0 N–H and O–H groups in total. The molecule has 0 unspecified atom stereocenters. The molecule has 0 aromatic carbocycles. The quantitative estimate of drug-likeness (QED) is 0.785. The van der Waals surface area contributed by atoms with Crippen LogP contribution in [0.3, 0.4) is 0 Å². The molecule has 0 amide bonds. The fourth-order valence-electron chi connectivity index (χ4n) is 4.69. The third-order valence-corrected chi connectivity index (χ3v) is 6.45. The van der Waals surface area contributed by atoms with Gasteiger partial charge in [0.25, 0.3) is 0 Å². The topological polar surface area (TPSA) is 54.0 Å². The maximum Gasteiger partial charge on any atom is 0.227 e. The molecule has 4 fully saturated rings. The van der Waals surface area contributed by atoms with Crippen molar-refractivity contribution in [2.75, 3.05) is 69.0 Å². The van der Waals surface area contributed by atoms with E-state index in [-0.39, 0.29) is 0 Å². The van der Waals surface area contributed by atoms with Crippen molar-refractivity contribution in [1.82, 2.24) is 14.9 Å². The molecule has 0 bridgehead atoms. The minimum absolute atomic E-state index is 0.491. The second-order valence-electron chi connectivity index (χ2n) is 8.25. The fourth-order valence-corrected chi connectivity index (χ4v) is 4.69. The Bertz CT molecular complexity index is 662. The van der Waals surface area contributed by atoms with Gasteiger partial charge in [-0.2, -0.15) is 4.98 Å². The van der Waals surface area contributed by atoms with Crippen LogP contribution in [0.2, 0.25) is 0 Å². The molecule has 1 saturated carbocycles. The van der Waals surface area contributed by atoms with Crippen LogP contribution in [0, 0.1) is 5.92 Å². The van der Waals surface area contributed by atoms with Gasteiger partial charge < -0.3 is 19.3 Å². The Morgan fingerprint density at radius 1 is 1.00 bits per heavy atom. The van der Waals surface area contributed by atoms with Gasteiger partial charge in [-0.15, -0.1) is 0 Å². The number of hydrogen-bond acceptors (Lipinski definition) is 7. The number of rotatable bonds is 4. The first-order valence-electron chi connectivity index (χ1n) is 10.6. The van der Waals surface area contributed by atoms with Gasteiger partial charge in [0.1, 0.15) is 5.82 Å². The molecular weight excluding hydrogens is 342 g/mol. The number of hydrogen-bond donors (Lipinski definition) is 0. The zero-order valence-electron chi connectivity index (χ0n) is 16.3. The summed E-state index contributed by atoms with van der Waals surface area (Å²) in [5.41, 5.74) is 1.12. The molecule has 1 aliphatic carbocycles. The van der Waals surface area contributed by atoms with Gasteiger partial charge >= 0.3 is 0 Å². The van der Waals surface area contributed by atoms with Gasteiger partial charge in [-0.3, -0.25) is 4.90 Å². The lowest BCUT2D eigenvalue weighted by atomic mass is 10.0. The summed E-state index contributed by atoms with van der Waals surface area (Å²) in [7, 11) is 0. The summed E-state index contributed by atoms with van der Waals surface area (Å²) in [6.45, 7) is 10.4. The normalized spacial score (nSPS) is 29.7. The number of aryl methyl sites for hydroxylation is 1. The van der Waals surface area contributed by atoms with Crippen LogP contribution in [-0.4, -0.2) is 86.1 Å². The third kappa shape index (κ3) is 3.65. The Balaban J connectivity index is 1.35. The van der Waals surface area contributed by atoms with Crippen LogP contribution in [0.4, 0.5) is 11.8 Å². The molecule has 2 atom stereocenters. The van der Waals surface area contributed by atoms with E-state index in [4.69, 9.17) is 19.4 Å². The van der Waals surface area contributed by atoms with Gasteiger partial charge in [0.15, 0.2) is 0 Å². The van der Waals surface area contributed by atoms with Crippen molar-refractivity contribution in [1.29, 1.82) is 0 Å². The summed E-state index contributed by atoms with van der Waals surface area (Å²) in [4.78, 5) is 17.2. The van der Waals surface area contributed by atoms with Crippen molar-refractivity contribution in [2.45, 2.75) is 38.3 Å². The molecule has 3 saturated heterocycles. The van der Waals surface area contributed by atoms with Crippen molar-refractivity contribution >= 4 is 11.8 Å². The number of nitrogens with zero attached hydrogens (tertiary/aromatic N) is 5. The molecule has 1 aromatic heterocycles. The zero-order valence-corrected chi connectivity index (χ0v) is 16.3. The molecule has 4 aliphatic rings. The minimum Gasteiger partial charge on any atom is -0.378 e. The van der Waals surface area contributed by atoms with Crippen LogP contribution in [0.25, 0.3) is 0 Å². The van der Waals surface area contributed by atoms with E-state index < -0.39 is 0 Å². The minimum atomic E-state index is 0.491. The predicted molar refractivity (Wildman–Crippen MR) is 104 cm³/mol. The first kappa shape index (κ1) is 17.6. The number of piperazine rings is 1. The van der Waals surface area contributed by atoms with E-state index in [2.05, 4.69) is 27.7 Å². The highest BCUT2D eigenvalue weighted by atomic mass is 16.5. The fraction of sp³-hybridized carbons (Fsp3) is 0.800. The molecular formula is C20H31N5O2. The average Bonchev–Trinajstić information content (AvgIpc) is 3.58. The van der Waals surface area contributed by atoms with Crippen LogP contribution in [0.15, 0.2) is 6.07 Å². The molecule has 1 aromatic rings. The average molecular weight is 374 g/mol. The largest absolute Gasteiger partial charge is 0.378 e. The van der Waals surface area contributed by atoms with Crippen LogP contribution in [-0.2, 0) is 15.9 Å². The van der Waals surface area contributed by atoms with Gasteiger partial charge in [0.2, 0.25) is 5.95 Å². The third-order valence-electron chi connectivity index (χ3n) is 6.45. The predicted octanol–water partition coefficient (Wildman–Crippen LogP) is 1.18. The number of fused-ring (bicyclic) bond motifs is 1. The smallest absolute Gasteiger partial charge is 0.227 e. The van der Waals surface area contributed by atoms with Crippen molar-refractivity contribution in [2.24, 2.45) is 5.92 Å². The summed E-state index contributed by atoms with van der Waals surface area (Å²) >= 11 is 0. The number of morpholine rings is 2. The highest BCUT2D eigenvalue weighted by molar-refractivity contribution is 5.47. The first-order chi connectivity index (χ1) is 13.3. The molecule has 4 heterocycles. The zero-order chi connectivity index (χ0) is 18.2. The molecule has 148 valence electrons. The van der Waals surface area contributed by atoms with Crippen molar-refractivity contribution in [3.8, 4) is 0 Å². The van der Waals surface area contributed by atoms with E-state index in [9.17, 15) is 0 Å². The maximum atomic E-state index is 5.98. The molecule has 27 heavy (non-hydrogen) atoms.